The van der Waals surface area contributed by atoms with Crippen LogP contribution >= 0.6 is 0 Å². The first kappa shape index (κ1) is 34.3. The fourth-order valence-corrected chi connectivity index (χ4v) is 4.79. The van der Waals surface area contributed by atoms with E-state index in [4.69, 9.17) is 14.2 Å². The summed E-state index contributed by atoms with van der Waals surface area (Å²) in [4.78, 5) is 60.8. The number of carbonyl (C=O) groups excluding carboxylic acids is 5. The highest BCUT2D eigenvalue weighted by Gasteiger charge is 2.21. The molecule has 0 saturated heterocycles. The Bertz CT molecular complexity index is 1660. The SMILES string of the molecule is C=C(CC(=O)OC)C(=O)Oc1ccc(-c2ccc(C(=O)/C=C/c3ccc(OC(=O)C(=C)CC(=O)OC4CCCCC4)cc3)cc2)cc1. The van der Waals surface area contributed by atoms with Gasteiger partial charge in [-0.1, -0.05) is 74.2 Å². The van der Waals surface area contributed by atoms with Crippen molar-refractivity contribution in [2.45, 2.75) is 51.0 Å². The molecule has 9 heteroatoms. The van der Waals surface area contributed by atoms with Crippen molar-refractivity contribution in [3.63, 3.8) is 0 Å². The zero-order chi connectivity index (χ0) is 33.8. The first-order valence-corrected chi connectivity index (χ1v) is 15.2. The highest BCUT2D eigenvalue weighted by molar-refractivity contribution is 6.07. The van der Waals surface area contributed by atoms with Crippen molar-refractivity contribution >= 4 is 35.7 Å². The van der Waals surface area contributed by atoms with Crippen molar-refractivity contribution < 1.29 is 42.9 Å². The number of esters is 4. The average molecular weight is 637 g/mol. The molecule has 1 aliphatic rings. The smallest absolute Gasteiger partial charge is 0.339 e. The molecule has 0 spiro atoms. The summed E-state index contributed by atoms with van der Waals surface area (Å²) in [6.45, 7) is 7.23. The number of ether oxygens (including phenoxy) is 4. The molecule has 242 valence electrons. The van der Waals surface area contributed by atoms with Crippen LogP contribution < -0.4 is 9.47 Å². The van der Waals surface area contributed by atoms with Crippen molar-refractivity contribution in [3.8, 4) is 22.6 Å². The first-order valence-electron chi connectivity index (χ1n) is 15.2. The normalized spacial score (nSPS) is 13.0. The second-order valence-electron chi connectivity index (χ2n) is 11.0. The van der Waals surface area contributed by atoms with Gasteiger partial charge in [-0.15, -0.1) is 0 Å². The van der Waals surface area contributed by atoms with Gasteiger partial charge < -0.3 is 18.9 Å². The Morgan fingerprint density at radius 1 is 0.681 bits per heavy atom. The number of ketones is 1. The highest BCUT2D eigenvalue weighted by Crippen LogP contribution is 2.25. The summed E-state index contributed by atoms with van der Waals surface area (Å²) in [5.74, 6) is -2.09. The molecule has 0 heterocycles. The summed E-state index contributed by atoms with van der Waals surface area (Å²) < 4.78 is 20.6. The molecule has 47 heavy (non-hydrogen) atoms. The van der Waals surface area contributed by atoms with Crippen LogP contribution in [0.5, 0.6) is 11.5 Å². The second kappa shape index (κ2) is 16.7. The van der Waals surface area contributed by atoms with Crippen LogP contribution in [0.4, 0.5) is 0 Å². The predicted octanol–water partition coefficient (Wildman–Crippen LogP) is 7.00. The van der Waals surface area contributed by atoms with E-state index in [0.29, 0.717) is 11.3 Å². The first-order chi connectivity index (χ1) is 22.6. The minimum absolute atomic E-state index is 0.0131. The largest absolute Gasteiger partial charge is 0.469 e. The van der Waals surface area contributed by atoms with Crippen molar-refractivity contribution in [3.05, 3.63) is 114 Å². The Balaban J connectivity index is 1.25. The number of benzene rings is 3. The van der Waals surface area contributed by atoms with Gasteiger partial charge in [0.25, 0.3) is 0 Å². The lowest BCUT2D eigenvalue weighted by Gasteiger charge is -2.21. The maximum atomic E-state index is 12.8. The van der Waals surface area contributed by atoms with Gasteiger partial charge in [-0.25, -0.2) is 9.59 Å². The number of methoxy groups -OCH3 is 1. The molecule has 9 nitrogen and oxygen atoms in total. The summed E-state index contributed by atoms with van der Waals surface area (Å²) in [6, 6.07) is 20.4. The van der Waals surface area contributed by atoms with Crippen LogP contribution in [-0.4, -0.2) is 42.9 Å². The highest BCUT2D eigenvalue weighted by atomic mass is 16.6. The number of hydrogen-bond donors (Lipinski definition) is 0. The molecule has 3 aromatic carbocycles. The topological polar surface area (TPSA) is 122 Å². The molecule has 3 aromatic rings. The summed E-state index contributed by atoms with van der Waals surface area (Å²) >= 11 is 0. The zero-order valence-corrected chi connectivity index (χ0v) is 26.2. The molecular formula is C38H36O9. The summed E-state index contributed by atoms with van der Waals surface area (Å²) in [5, 5.41) is 0. The maximum absolute atomic E-state index is 12.8. The van der Waals surface area contributed by atoms with Gasteiger partial charge in [-0.05, 0) is 72.7 Å². The molecule has 0 aromatic heterocycles. The molecule has 1 aliphatic carbocycles. The Kier molecular flexibility index (Phi) is 12.2. The van der Waals surface area contributed by atoms with Crippen LogP contribution in [0.15, 0.2) is 103 Å². The van der Waals surface area contributed by atoms with Crippen molar-refractivity contribution in [2.75, 3.05) is 7.11 Å². The van der Waals surface area contributed by atoms with Crippen molar-refractivity contribution in [1.29, 1.82) is 0 Å². The molecular weight excluding hydrogens is 600 g/mol. The lowest BCUT2D eigenvalue weighted by molar-refractivity contribution is -0.150. The van der Waals surface area contributed by atoms with Gasteiger partial charge in [-0.3, -0.25) is 14.4 Å². The van der Waals surface area contributed by atoms with Crippen LogP contribution in [0.1, 0.15) is 60.9 Å². The van der Waals surface area contributed by atoms with E-state index in [1.54, 1.807) is 66.7 Å². The van der Waals surface area contributed by atoms with Crippen LogP contribution in [0.25, 0.3) is 17.2 Å². The van der Waals surface area contributed by atoms with E-state index in [2.05, 4.69) is 17.9 Å². The quantitative estimate of drug-likeness (QED) is 0.0844. The Morgan fingerprint density at radius 2 is 1.17 bits per heavy atom. The van der Waals surface area contributed by atoms with Gasteiger partial charge in [0.2, 0.25) is 0 Å². The Labute approximate surface area is 273 Å². The third-order valence-corrected chi connectivity index (χ3v) is 7.46. The van der Waals surface area contributed by atoms with E-state index >= 15 is 0 Å². The Morgan fingerprint density at radius 3 is 1.70 bits per heavy atom. The number of rotatable bonds is 13. The minimum Gasteiger partial charge on any atom is -0.469 e. The molecule has 0 atom stereocenters. The monoisotopic (exact) mass is 636 g/mol. The molecule has 0 amide bonds. The fourth-order valence-electron chi connectivity index (χ4n) is 4.79. The van der Waals surface area contributed by atoms with E-state index < -0.39 is 23.9 Å². The molecule has 0 bridgehead atoms. The maximum Gasteiger partial charge on any atom is 0.339 e. The van der Waals surface area contributed by atoms with Crippen molar-refractivity contribution in [2.24, 2.45) is 0 Å². The van der Waals surface area contributed by atoms with E-state index in [-0.39, 0.29) is 41.6 Å². The summed E-state index contributed by atoms with van der Waals surface area (Å²) in [5.41, 5.74) is 2.92. The summed E-state index contributed by atoms with van der Waals surface area (Å²) in [6.07, 6.45) is 7.45. The average Bonchev–Trinajstić information content (AvgIpc) is 3.08. The minimum atomic E-state index is -0.718. The predicted molar refractivity (Wildman–Crippen MR) is 175 cm³/mol. The van der Waals surface area contributed by atoms with Gasteiger partial charge in [-0.2, -0.15) is 0 Å². The van der Waals surface area contributed by atoms with Crippen molar-refractivity contribution in [1.82, 2.24) is 0 Å². The van der Waals surface area contributed by atoms with E-state index in [0.717, 1.165) is 48.8 Å². The third-order valence-electron chi connectivity index (χ3n) is 7.46. The molecule has 0 unspecified atom stereocenters. The van der Waals surface area contributed by atoms with Crippen LogP contribution in [0, 0.1) is 0 Å². The van der Waals surface area contributed by atoms with Crippen LogP contribution in [0.2, 0.25) is 0 Å². The lowest BCUT2D eigenvalue weighted by Crippen LogP contribution is -2.22. The zero-order valence-electron chi connectivity index (χ0n) is 26.2. The summed E-state index contributed by atoms with van der Waals surface area (Å²) in [7, 11) is 1.23. The molecule has 0 radical (unpaired) electrons. The van der Waals surface area contributed by atoms with Gasteiger partial charge in [0, 0.05) is 16.7 Å². The second-order valence-corrected chi connectivity index (χ2v) is 11.0. The number of carbonyl (C=O) groups is 5. The number of allylic oxidation sites excluding steroid dienone is 1. The molecule has 0 N–H and O–H groups in total. The molecule has 0 aliphatic heterocycles. The molecule has 4 rings (SSSR count). The van der Waals surface area contributed by atoms with E-state index in [9.17, 15) is 24.0 Å². The number of hydrogen-bond acceptors (Lipinski definition) is 9. The Hall–Kier alpha value is -5.57. The van der Waals surface area contributed by atoms with Crippen LogP contribution in [-0.2, 0) is 28.7 Å². The van der Waals surface area contributed by atoms with Gasteiger partial charge >= 0.3 is 23.9 Å². The lowest BCUT2D eigenvalue weighted by atomic mass is 9.98. The van der Waals surface area contributed by atoms with E-state index in [1.807, 2.05) is 12.1 Å². The molecule has 1 saturated carbocycles. The van der Waals surface area contributed by atoms with Gasteiger partial charge in [0.05, 0.1) is 20.0 Å². The fraction of sp³-hybridized carbons (Fsp3) is 0.237. The standard InChI is InChI=1S/C38H36O9/c1-25(23-35(40)44-3)37(42)47-33-20-16-29(17-21-33)28-12-14-30(15-13-28)34(39)22-11-27-9-18-32(19-10-27)46-38(43)26(2)24-36(41)45-31-7-5-4-6-8-31/h9-22,31H,1-2,4-8,23-24H2,3H3/b22-11+. The van der Waals surface area contributed by atoms with Gasteiger partial charge in [0.1, 0.15) is 17.6 Å². The molecule has 1 fully saturated rings. The third kappa shape index (κ3) is 10.5. The van der Waals surface area contributed by atoms with Gasteiger partial charge in [0.15, 0.2) is 5.78 Å². The van der Waals surface area contributed by atoms with Crippen LogP contribution in [0.3, 0.4) is 0 Å². The van der Waals surface area contributed by atoms with E-state index in [1.165, 1.54) is 13.2 Å².